The Bertz CT molecular complexity index is 1170. The molecule has 130 valence electrons. The van der Waals surface area contributed by atoms with Gasteiger partial charge in [-0.2, -0.15) is 9.61 Å². The Morgan fingerprint density at radius 2 is 1.92 bits per heavy atom. The van der Waals surface area contributed by atoms with E-state index in [0.717, 1.165) is 0 Å². The highest BCUT2D eigenvalue weighted by atomic mass is 32.2. The smallest absolute Gasteiger partial charge is 0.349 e. The molecule has 0 saturated carbocycles. The van der Waals surface area contributed by atoms with Gasteiger partial charge in [0.15, 0.2) is 5.65 Å². The molecule has 4 rings (SSSR count). The monoisotopic (exact) mass is 366 g/mol. The van der Waals surface area contributed by atoms with Gasteiger partial charge in [-0.3, -0.25) is 4.98 Å². The molecular weight excluding hydrogens is 352 g/mol. The lowest BCUT2D eigenvalue weighted by Crippen LogP contribution is -2.19. The van der Waals surface area contributed by atoms with Gasteiger partial charge in [-0.05, 0) is 30.3 Å². The molecule has 1 N–H and O–H groups in total. The molecule has 0 aliphatic heterocycles. The summed E-state index contributed by atoms with van der Waals surface area (Å²) in [5.41, 5.74) is 0.710. The van der Waals surface area contributed by atoms with Crippen molar-refractivity contribution in [1.29, 1.82) is 0 Å². The van der Waals surface area contributed by atoms with Crippen LogP contribution in [0.2, 0.25) is 0 Å². The summed E-state index contributed by atoms with van der Waals surface area (Å²) in [7, 11) is 0.140. The highest BCUT2D eigenvalue weighted by Crippen LogP contribution is 2.30. The molecule has 8 heteroatoms. The van der Waals surface area contributed by atoms with Crippen LogP contribution in [0.5, 0.6) is 5.75 Å². The standard InChI is InChI=1S/C18H14N4O3S/c1-25-14-11-12(17-20-16-9-10-19-22(16)18(23)21-17)7-8-15(14)26(24)13-5-3-2-4-6-13/h2-11H,1H3,(H,20,21,23). The van der Waals surface area contributed by atoms with E-state index in [2.05, 4.69) is 15.1 Å². The van der Waals surface area contributed by atoms with Crippen molar-refractivity contribution < 1.29 is 8.95 Å². The van der Waals surface area contributed by atoms with Gasteiger partial charge in [0.1, 0.15) is 11.6 Å². The van der Waals surface area contributed by atoms with Crippen LogP contribution >= 0.6 is 0 Å². The van der Waals surface area contributed by atoms with E-state index >= 15 is 0 Å². The van der Waals surface area contributed by atoms with E-state index in [9.17, 15) is 9.00 Å². The number of nitrogens with zero attached hydrogens (tertiary/aromatic N) is 3. The third-order valence-corrected chi connectivity index (χ3v) is 5.30. The van der Waals surface area contributed by atoms with E-state index in [1.165, 1.54) is 17.8 Å². The van der Waals surface area contributed by atoms with Crippen LogP contribution in [-0.4, -0.2) is 30.9 Å². The molecule has 0 spiro atoms. The van der Waals surface area contributed by atoms with Crippen molar-refractivity contribution in [3.63, 3.8) is 0 Å². The van der Waals surface area contributed by atoms with Crippen LogP contribution in [-0.2, 0) is 10.8 Å². The molecule has 1 unspecified atom stereocenters. The highest BCUT2D eigenvalue weighted by molar-refractivity contribution is 7.85. The quantitative estimate of drug-likeness (QED) is 0.598. The first-order chi connectivity index (χ1) is 12.7. The summed E-state index contributed by atoms with van der Waals surface area (Å²) in [5, 5.41) is 3.90. The summed E-state index contributed by atoms with van der Waals surface area (Å²) in [6.07, 6.45) is 1.51. The molecule has 4 aromatic rings. The molecule has 0 bridgehead atoms. The minimum absolute atomic E-state index is 0.383. The van der Waals surface area contributed by atoms with Crippen LogP contribution in [0.1, 0.15) is 0 Å². The number of aromatic amines is 1. The van der Waals surface area contributed by atoms with Crippen LogP contribution in [0, 0.1) is 0 Å². The zero-order valence-electron chi connectivity index (χ0n) is 13.7. The maximum absolute atomic E-state index is 12.8. The average molecular weight is 366 g/mol. The molecule has 0 fully saturated rings. The van der Waals surface area contributed by atoms with E-state index in [1.54, 1.807) is 36.4 Å². The molecule has 0 radical (unpaired) electrons. The maximum Gasteiger partial charge on any atom is 0.349 e. The molecule has 0 amide bonds. The third kappa shape index (κ3) is 2.80. The number of methoxy groups -OCH3 is 1. The molecule has 0 aliphatic rings. The van der Waals surface area contributed by atoms with Crippen molar-refractivity contribution in [1.82, 2.24) is 19.6 Å². The van der Waals surface area contributed by atoms with Gasteiger partial charge in [0.05, 0.1) is 29.0 Å². The van der Waals surface area contributed by atoms with Crippen molar-refractivity contribution in [2.24, 2.45) is 0 Å². The predicted molar refractivity (Wildman–Crippen MR) is 96.7 cm³/mol. The van der Waals surface area contributed by atoms with Gasteiger partial charge in [-0.25, -0.2) is 14.0 Å². The largest absolute Gasteiger partial charge is 0.495 e. The molecule has 0 saturated heterocycles. The number of benzene rings is 2. The molecule has 26 heavy (non-hydrogen) atoms. The van der Waals surface area contributed by atoms with E-state index in [1.807, 2.05) is 18.2 Å². The lowest BCUT2D eigenvalue weighted by atomic mass is 10.2. The minimum Gasteiger partial charge on any atom is -0.495 e. The number of H-pyrrole nitrogens is 1. The van der Waals surface area contributed by atoms with Crippen LogP contribution in [0.25, 0.3) is 17.0 Å². The molecule has 0 aliphatic carbocycles. The topological polar surface area (TPSA) is 89.3 Å². The van der Waals surface area contributed by atoms with Crippen molar-refractivity contribution in [2.75, 3.05) is 7.11 Å². The van der Waals surface area contributed by atoms with Crippen LogP contribution in [0.4, 0.5) is 0 Å². The number of hydrogen-bond donors (Lipinski definition) is 1. The number of hydrogen-bond acceptors (Lipinski definition) is 5. The second-order valence-corrected chi connectivity index (χ2v) is 6.89. The Morgan fingerprint density at radius 1 is 1.12 bits per heavy atom. The number of nitrogens with one attached hydrogen (secondary N) is 1. The van der Waals surface area contributed by atoms with Gasteiger partial charge in [-0.1, -0.05) is 18.2 Å². The third-order valence-electron chi connectivity index (χ3n) is 3.86. The second kappa shape index (κ2) is 6.57. The summed E-state index contributed by atoms with van der Waals surface area (Å²) >= 11 is 0. The second-order valence-electron chi connectivity index (χ2n) is 5.44. The number of rotatable bonds is 4. The maximum atomic E-state index is 12.8. The summed E-state index contributed by atoms with van der Waals surface area (Å²) in [6, 6.07) is 16.0. The summed E-state index contributed by atoms with van der Waals surface area (Å²) in [6.45, 7) is 0. The lowest BCUT2D eigenvalue weighted by Gasteiger charge is -2.10. The molecular formula is C18H14N4O3S. The Balaban J connectivity index is 1.79. The van der Waals surface area contributed by atoms with Crippen molar-refractivity contribution >= 4 is 16.4 Å². The Labute approximate surface area is 150 Å². The van der Waals surface area contributed by atoms with Gasteiger partial charge in [0.25, 0.3) is 0 Å². The fourth-order valence-corrected chi connectivity index (χ4v) is 3.78. The van der Waals surface area contributed by atoms with Gasteiger partial charge in [-0.15, -0.1) is 0 Å². The lowest BCUT2D eigenvalue weighted by molar-refractivity contribution is 0.404. The van der Waals surface area contributed by atoms with E-state index < -0.39 is 10.8 Å². The number of aromatic nitrogens is 4. The Hall–Kier alpha value is -3.26. The normalized spacial score (nSPS) is 12.2. The van der Waals surface area contributed by atoms with Crippen LogP contribution in [0.3, 0.4) is 0 Å². The minimum atomic E-state index is -1.37. The molecule has 2 aromatic heterocycles. The first kappa shape index (κ1) is 16.2. The van der Waals surface area contributed by atoms with Gasteiger partial charge >= 0.3 is 5.69 Å². The first-order valence-corrected chi connectivity index (χ1v) is 8.91. The van der Waals surface area contributed by atoms with E-state index in [-0.39, 0.29) is 5.69 Å². The summed E-state index contributed by atoms with van der Waals surface area (Å²) in [5.74, 6) is 0.846. The van der Waals surface area contributed by atoms with E-state index in [4.69, 9.17) is 4.74 Å². The van der Waals surface area contributed by atoms with Crippen molar-refractivity contribution in [3.8, 4) is 17.1 Å². The van der Waals surface area contributed by atoms with E-state index in [0.29, 0.717) is 32.6 Å². The molecule has 1 atom stereocenters. The fraction of sp³-hybridized carbons (Fsp3) is 0.0556. The summed E-state index contributed by atoms with van der Waals surface area (Å²) < 4.78 is 19.4. The van der Waals surface area contributed by atoms with Gasteiger partial charge in [0, 0.05) is 16.5 Å². The average Bonchev–Trinajstić information content (AvgIpc) is 3.17. The zero-order valence-corrected chi connectivity index (χ0v) is 14.6. The number of fused-ring (bicyclic) bond motifs is 1. The summed E-state index contributed by atoms with van der Waals surface area (Å²) in [4.78, 5) is 20.4. The number of ether oxygens (including phenoxy) is 1. The van der Waals surface area contributed by atoms with Gasteiger partial charge < -0.3 is 4.74 Å². The predicted octanol–water partition coefficient (Wildman–Crippen LogP) is 2.26. The SMILES string of the molecule is COc1cc(-c2nc3ccnn3c(=O)[nH]2)ccc1S(=O)c1ccccc1. The Morgan fingerprint density at radius 3 is 2.69 bits per heavy atom. The van der Waals surface area contributed by atoms with Crippen LogP contribution < -0.4 is 10.4 Å². The molecule has 2 heterocycles. The Kier molecular flexibility index (Phi) is 4.10. The fourth-order valence-electron chi connectivity index (χ4n) is 2.61. The molecule has 7 nitrogen and oxygen atoms in total. The first-order valence-electron chi connectivity index (χ1n) is 7.76. The van der Waals surface area contributed by atoms with Crippen molar-refractivity contribution in [3.05, 3.63) is 71.3 Å². The zero-order chi connectivity index (χ0) is 18.1. The van der Waals surface area contributed by atoms with Crippen molar-refractivity contribution in [2.45, 2.75) is 9.79 Å². The molecule has 2 aromatic carbocycles. The van der Waals surface area contributed by atoms with Gasteiger partial charge in [0.2, 0.25) is 0 Å². The van der Waals surface area contributed by atoms with Crippen LogP contribution in [0.15, 0.2) is 75.4 Å². The highest BCUT2D eigenvalue weighted by Gasteiger charge is 2.15.